The molecule has 0 aliphatic rings. The number of anilines is 1. The van der Waals surface area contributed by atoms with Gasteiger partial charge in [0.2, 0.25) is 0 Å². The molecular weight excluding hydrogens is 332 g/mol. The third-order valence-electron chi connectivity index (χ3n) is 3.92. The minimum atomic E-state index is -0.336. The lowest BCUT2D eigenvalue weighted by atomic mass is 10.1. The van der Waals surface area contributed by atoms with Gasteiger partial charge >= 0.3 is 5.97 Å². The van der Waals surface area contributed by atoms with Crippen LogP contribution in [0.5, 0.6) is 0 Å². The number of ether oxygens (including phenoxy) is 1. The lowest BCUT2D eigenvalue weighted by Crippen LogP contribution is -2.31. The quantitative estimate of drug-likeness (QED) is 0.609. The first kappa shape index (κ1) is 18.9. The van der Waals surface area contributed by atoms with E-state index in [1.165, 1.54) is 5.56 Å². The fourth-order valence-corrected chi connectivity index (χ4v) is 2.68. The van der Waals surface area contributed by atoms with Crippen LogP contribution in [0.15, 0.2) is 42.5 Å². The van der Waals surface area contributed by atoms with Gasteiger partial charge in [-0.05, 0) is 63.2 Å². The monoisotopic (exact) mass is 356 g/mol. The Labute approximate surface area is 154 Å². The summed E-state index contributed by atoms with van der Waals surface area (Å²) >= 11 is 5.42. The van der Waals surface area contributed by atoms with E-state index in [9.17, 15) is 4.79 Å². The van der Waals surface area contributed by atoms with Gasteiger partial charge < -0.3 is 15.4 Å². The number of carbonyl (C=O) groups is 1. The van der Waals surface area contributed by atoms with Crippen LogP contribution >= 0.6 is 12.2 Å². The molecule has 0 bridgehead atoms. The SMILES string of the molecule is CCOC(=O)c1ccc(C)c(NC(=S)N[C@@H](C)c2ccc(C)cc2)c1. The molecule has 0 saturated carbocycles. The minimum absolute atomic E-state index is 0.0779. The molecule has 5 heteroatoms. The van der Waals surface area contributed by atoms with Gasteiger partial charge in [-0.1, -0.05) is 35.9 Å². The first-order chi connectivity index (χ1) is 11.9. The highest BCUT2D eigenvalue weighted by molar-refractivity contribution is 7.80. The number of hydrogen-bond donors (Lipinski definition) is 2. The maximum atomic E-state index is 11.9. The van der Waals surface area contributed by atoms with Crippen molar-refractivity contribution in [2.24, 2.45) is 0 Å². The van der Waals surface area contributed by atoms with Crippen molar-refractivity contribution in [2.45, 2.75) is 33.7 Å². The van der Waals surface area contributed by atoms with Crippen LogP contribution in [0.2, 0.25) is 0 Å². The molecule has 0 saturated heterocycles. The predicted molar refractivity (Wildman–Crippen MR) is 106 cm³/mol. The standard InChI is InChI=1S/C20H24N2O2S/c1-5-24-19(23)17-11-8-14(3)18(12-17)22-20(25)21-15(4)16-9-6-13(2)7-10-16/h6-12,15H,5H2,1-4H3,(H2,21,22,25)/t15-/m0/s1. The molecule has 2 aromatic carbocycles. The molecule has 0 unspecified atom stereocenters. The Bertz CT molecular complexity index is 757. The largest absolute Gasteiger partial charge is 0.462 e. The first-order valence-corrected chi connectivity index (χ1v) is 8.73. The summed E-state index contributed by atoms with van der Waals surface area (Å²) in [6.07, 6.45) is 0. The lowest BCUT2D eigenvalue weighted by Gasteiger charge is -2.19. The van der Waals surface area contributed by atoms with Gasteiger partial charge in [-0.25, -0.2) is 4.79 Å². The number of aryl methyl sites for hydroxylation is 2. The number of benzene rings is 2. The molecule has 2 rings (SSSR count). The molecule has 4 nitrogen and oxygen atoms in total. The van der Waals surface area contributed by atoms with Crippen molar-refractivity contribution in [2.75, 3.05) is 11.9 Å². The Morgan fingerprint density at radius 1 is 1.16 bits per heavy atom. The van der Waals surface area contributed by atoms with E-state index in [2.05, 4.69) is 48.7 Å². The van der Waals surface area contributed by atoms with Gasteiger partial charge in [0.05, 0.1) is 18.2 Å². The summed E-state index contributed by atoms with van der Waals surface area (Å²) < 4.78 is 5.04. The smallest absolute Gasteiger partial charge is 0.338 e. The normalized spacial score (nSPS) is 11.5. The van der Waals surface area contributed by atoms with Crippen LogP contribution in [-0.2, 0) is 4.74 Å². The van der Waals surface area contributed by atoms with Crippen molar-refractivity contribution in [1.29, 1.82) is 0 Å². The molecule has 132 valence electrons. The van der Waals surface area contributed by atoms with E-state index < -0.39 is 0 Å². The van der Waals surface area contributed by atoms with Crippen molar-refractivity contribution in [3.05, 3.63) is 64.7 Å². The number of esters is 1. The van der Waals surface area contributed by atoms with E-state index in [1.807, 2.05) is 13.0 Å². The number of thiocarbonyl (C=S) groups is 1. The van der Waals surface area contributed by atoms with Crippen LogP contribution in [0.4, 0.5) is 5.69 Å². The topological polar surface area (TPSA) is 50.4 Å². The second kappa shape index (κ2) is 8.62. The van der Waals surface area contributed by atoms with Crippen molar-refractivity contribution < 1.29 is 9.53 Å². The summed E-state index contributed by atoms with van der Waals surface area (Å²) in [6, 6.07) is 13.8. The van der Waals surface area contributed by atoms with Crippen molar-refractivity contribution in [3.8, 4) is 0 Å². The highest BCUT2D eigenvalue weighted by Crippen LogP contribution is 2.19. The molecule has 0 aliphatic carbocycles. The number of hydrogen-bond acceptors (Lipinski definition) is 3. The fraction of sp³-hybridized carbons (Fsp3) is 0.300. The summed E-state index contributed by atoms with van der Waals surface area (Å²) in [7, 11) is 0. The van der Waals surface area contributed by atoms with E-state index in [-0.39, 0.29) is 12.0 Å². The van der Waals surface area contributed by atoms with E-state index >= 15 is 0 Å². The molecule has 0 aromatic heterocycles. The van der Waals surface area contributed by atoms with E-state index in [1.54, 1.807) is 19.1 Å². The van der Waals surface area contributed by atoms with Crippen molar-refractivity contribution >= 4 is 29.0 Å². The molecule has 2 aromatic rings. The average Bonchev–Trinajstić information content (AvgIpc) is 2.57. The Morgan fingerprint density at radius 3 is 2.48 bits per heavy atom. The Morgan fingerprint density at radius 2 is 1.84 bits per heavy atom. The molecule has 25 heavy (non-hydrogen) atoms. The van der Waals surface area contributed by atoms with Gasteiger partial charge in [-0.15, -0.1) is 0 Å². The van der Waals surface area contributed by atoms with E-state index in [4.69, 9.17) is 17.0 Å². The van der Waals surface area contributed by atoms with Gasteiger partial charge in [-0.2, -0.15) is 0 Å². The Hall–Kier alpha value is -2.40. The van der Waals surface area contributed by atoms with Gasteiger partial charge in [0, 0.05) is 5.69 Å². The van der Waals surface area contributed by atoms with E-state index in [0.717, 1.165) is 16.8 Å². The molecule has 0 spiro atoms. The second-order valence-electron chi connectivity index (χ2n) is 5.98. The van der Waals surface area contributed by atoms with Crippen molar-refractivity contribution in [3.63, 3.8) is 0 Å². The molecule has 0 heterocycles. The molecule has 1 atom stereocenters. The molecule has 2 N–H and O–H groups in total. The zero-order valence-corrected chi connectivity index (χ0v) is 15.9. The summed E-state index contributed by atoms with van der Waals surface area (Å²) in [5.41, 5.74) is 4.68. The average molecular weight is 356 g/mol. The summed E-state index contributed by atoms with van der Waals surface area (Å²) in [5.74, 6) is -0.336. The van der Waals surface area contributed by atoms with Crippen molar-refractivity contribution in [1.82, 2.24) is 5.32 Å². The number of carbonyl (C=O) groups excluding carboxylic acids is 1. The molecule has 0 radical (unpaired) electrons. The highest BCUT2D eigenvalue weighted by Gasteiger charge is 2.11. The number of rotatable bonds is 5. The summed E-state index contributed by atoms with van der Waals surface area (Å²) in [4.78, 5) is 11.9. The fourth-order valence-electron chi connectivity index (χ4n) is 2.39. The maximum absolute atomic E-state index is 11.9. The third kappa shape index (κ3) is 5.29. The highest BCUT2D eigenvalue weighted by atomic mass is 32.1. The van der Waals surface area contributed by atoms with E-state index in [0.29, 0.717) is 17.3 Å². The first-order valence-electron chi connectivity index (χ1n) is 8.32. The van der Waals surface area contributed by atoms with Crippen LogP contribution < -0.4 is 10.6 Å². The Kier molecular flexibility index (Phi) is 6.53. The molecule has 0 amide bonds. The van der Waals surface area contributed by atoms with Crippen LogP contribution in [0.1, 0.15) is 46.9 Å². The summed E-state index contributed by atoms with van der Waals surface area (Å²) in [5, 5.41) is 6.95. The zero-order valence-electron chi connectivity index (χ0n) is 15.1. The summed E-state index contributed by atoms with van der Waals surface area (Å²) in [6.45, 7) is 8.22. The van der Waals surface area contributed by atoms with Crippen LogP contribution in [0, 0.1) is 13.8 Å². The maximum Gasteiger partial charge on any atom is 0.338 e. The van der Waals surface area contributed by atoms with Gasteiger partial charge in [0.1, 0.15) is 0 Å². The van der Waals surface area contributed by atoms with Gasteiger partial charge in [-0.3, -0.25) is 0 Å². The lowest BCUT2D eigenvalue weighted by molar-refractivity contribution is 0.0526. The van der Waals surface area contributed by atoms with Gasteiger partial charge in [0.25, 0.3) is 0 Å². The molecule has 0 fully saturated rings. The van der Waals surface area contributed by atoms with Crippen LogP contribution in [-0.4, -0.2) is 17.7 Å². The zero-order chi connectivity index (χ0) is 18.4. The molecular formula is C20H24N2O2S. The van der Waals surface area contributed by atoms with Gasteiger partial charge in [0.15, 0.2) is 5.11 Å². The third-order valence-corrected chi connectivity index (χ3v) is 4.14. The Balaban J connectivity index is 2.05. The second-order valence-corrected chi connectivity index (χ2v) is 6.39. The van der Waals surface area contributed by atoms with Crippen LogP contribution in [0.25, 0.3) is 0 Å². The minimum Gasteiger partial charge on any atom is -0.462 e. The van der Waals surface area contributed by atoms with Crippen LogP contribution in [0.3, 0.4) is 0 Å². The molecule has 0 aliphatic heterocycles. The number of nitrogens with one attached hydrogen (secondary N) is 2. The predicted octanol–water partition coefficient (Wildman–Crippen LogP) is 4.53.